The van der Waals surface area contributed by atoms with E-state index in [0.29, 0.717) is 21.5 Å². The molecule has 0 bridgehead atoms. The van der Waals surface area contributed by atoms with E-state index in [0.717, 1.165) is 20.2 Å². The quantitative estimate of drug-likeness (QED) is 0.678. The number of hydrogen-bond acceptors (Lipinski definition) is 5. The Morgan fingerprint density at radius 2 is 1.95 bits per heavy atom. The molecule has 8 heteroatoms. The molecule has 0 saturated heterocycles. The molecule has 0 saturated carbocycles. The normalized spacial score (nSPS) is 10.6. The first-order valence-electron chi connectivity index (χ1n) is 5.78. The number of anilines is 1. The van der Waals surface area contributed by atoms with E-state index in [1.54, 1.807) is 35.6 Å². The first-order chi connectivity index (χ1) is 10.1. The number of thiophene rings is 1. The van der Waals surface area contributed by atoms with Crippen LogP contribution in [0.2, 0.25) is 5.02 Å². The Morgan fingerprint density at radius 1 is 1.19 bits per heavy atom. The Balaban J connectivity index is 1.75. The lowest BCUT2D eigenvalue weighted by atomic mass is 10.2. The molecule has 3 rings (SSSR count). The number of rotatable bonds is 3. The molecular weight excluding hydrogens is 394 g/mol. The first kappa shape index (κ1) is 14.6. The van der Waals surface area contributed by atoms with Gasteiger partial charge in [-0.25, -0.2) is 0 Å². The Morgan fingerprint density at radius 3 is 2.62 bits per heavy atom. The summed E-state index contributed by atoms with van der Waals surface area (Å²) in [6.45, 7) is 0. The fraction of sp³-hybridized carbons (Fsp3) is 0. The number of benzene rings is 1. The van der Waals surface area contributed by atoms with Crippen LogP contribution < -0.4 is 5.32 Å². The second-order valence-corrected chi connectivity index (χ2v) is 7.64. The summed E-state index contributed by atoms with van der Waals surface area (Å²) in [6.07, 6.45) is 0. The van der Waals surface area contributed by atoms with Crippen molar-refractivity contribution < 1.29 is 4.79 Å². The maximum atomic E-state index is 12.1. The molecule has 1 N–H and O–H groups in total. The molecule has 3 aromatic rings. The van der Waals surface area contributed by atoms with Crippen LogP contribution in [0.15, 0.2) is 40.2 Å². The van der Waals surface area contributed by atoms with Crippen LogP contribution in [0.5, 0.6) is 0 Å². The van der Waals surface area contributed by atoms with Crippen LogP contribution in [0.4, 0.5) is 5.13 Å². The van der Waals surface area contributed by atoms with E-state index in [9.17, 15) is 4.79 Å². The summed E-state index contributed by atoms with van der Waals surface area (Å²) in [5, 5.41) is 3.79. The van der Waals surface area contributed by atoms with Gasteiger partial charge >= 0.3 is 0 Å². The Kier molecular flexibility index (Phi) is 4.34. The minimum Gasteiger partial charge on any atom is -0.297 e. The zero-order valence-corrected chi connectivity index (χ0v) is 14.3. The van der Waals surface area contributed by atoms with Gasteiger partial charge in [0.25, 0.3) is 5.91 Å². The molecule has 1 aromatic carbocycles. The highest BCUT2D eigenvalue weighted by atomic mass is 79.9. The highest BCUT2D eigenvalue weighted by Crippen LogP contribution is 2.31. The molecule has 0 spiro atoms. The summed E-state index contributed by atoms with van der Waals surface area (Å²) < 4.78 is 5.26. The van der Waals surface area contributed by atoms with Gasteiger partial charge in [0.05, 0.1) is 8.66 Å². The van der Waals surface area contributed by atoms with Crippen LogP contribution >= 0.6 is 50.4 Å². The van der Waals surface area contributed by atoms with E-state index in [2.05, 4.69) is 30.6 Å². The van der Waals surface area contributed by atoms with Gasteiger partial charge in [0, 0.05) is 22.1 Å². The van der Waals surface area contributed by atoms with Gasteiger partial charge in [-0.1, -0.05) is 11.6 Å². The van der Waals surface area contributed by atoms with Crippen molar-refractivity contribution in [3.8, 4) is 10.7 Å². The van der Waals surface area contributed by atoms with Crippen molar-refractivity contribution >= 4 is 61.4 Å². The van der Waals surface area contributed by atoms with E-state index in [1.165, 1.54) is 0 Å². The van der Waals surface area contributed by atoms with Gasteiger partial charge in [-0.3, -0.25) is 10.1 Å². The summed E-state index contributed by atoms with van der Waals surface area (Å²) in [5.74, 6) is 0.379. The molecule has 0 unspecified atom stereocenters. The maximum Gasteiger partial charge on any atom is 0.257 e. The van der Waals surface area contributed by atoms with Gasteiger partial charge in [0.2, 0.25) is 5.13 Å². The van der Waals surface area contributed by atoms with E-state index < -0.39 is 0 Å². The minimum atomic E-state index is -0.235. The van der Waals surface area contributed by atoms with Gasteiger partial charge in [0.15, 0.2) is 5.82 Å². The van der Waals surface area contributed by atoms with Crippen LogP contribution in [0.3, 0.4) is 0 Å². The lowest BCUT2D eigenvalue weighted by molar-refractivity contribution is 0.102. The topological polar surface area (TPSA) is 54.9 Å². The average molecular weight is 401 g/mol. The molecule has 0 aliphatic rings. The van der Waals surface area contributed by atoms with Crippen LogP contribution in [-0.2, 0) is 0 Å². The predicted octanol–water partition coefficient (Wildman–Crippen LogP) is 4.93. The second-order valence-electron chi connectivity index (χ2n) is 3.99. The third-order valence-corrected chi connectivity index (χ3v) is 5.05. The molecule has 0 fully saturated rings. The Bertz CT molecular complexity index is 785. The smallest absolute Gasteiger partial charge is 0.257 e. The lowest BCUT2D eigenvalue weighted by Crippen LogP contribution is -2.11. The molecule has 1 amide bonds. The van der Waals surface area contributed by atoms with Gasteiger partial charge in [-0.05, 0) is 52.3 Å². The van der Waals surface area contributed by atoms with E-state index in [1.807, 2.05) is 12.1 Å². The summed E-state index contributed by atoms with van der Waals surface area (Å²) >= 11 is 11.9. The number of amides is 1. The van der Waals surface area contributed by atoms with Gasteiger partial charge in [-0.2, -0.15) is 9.36 Å². The maximum absolute atomic E-state index is 12.1. The van der Waals surface area contributed by atoms with Gasteiger partial charge in [0.1, 0.15) is 0 Å². The molecule has 2 heterocycles. The van der Waals surface area contributed by atoms with E-state index in [4.69, 9.17) is 11.6 Å². The number of carbonyl (C=O) groups excluding carboxylic acids is 1. The molecule has 0 aliphatic carbocycles. The molecule has 21 heavy (non-hydrogen) atoms. The number of nitrogens with one attached hydrogen (secondary N) is 1. The monoisotopic (exact) mass is 399 g/mol. The Labute approximate surface area is 142 Å². The molecule has 0 radical (unpaired) electrons. The molecule has 4 nitrogen and oxygen atoms in total. The largest absolute Gasteiger partial charge is 0.297 e. The number of aromatic nitrogens is 2. The lowest BCUT2D eigenvalue weighted by Gasteiger charge is -2.00. The van der Waals surface area contributed by atoms with Gasteiger partial charge < -0.3 is 0 Å². The number of halogens is 2. The number of hydrogen-bond donors (Lipinski definition) is 1. The number of nitrogens with zero attached hydrogens (tertiary/aromatic N) is 2. The second kappa shape index (κ2) is 6.23. The summed E-state index contributed by atoms with van der Waals surface area (Å²) in [5.41, 5.74) is 0.523. The molecule has 0 atom stereocenters. The van der Waals surface area contributed by atoms with Crippen molar-refractivity contribution in [2.24, 2.45) is 0 Å². The highest BCUT2D eigenvalue weighted by Gasteiger charge is 2.12. The standard InChI is InChI=1S/C13H7BrClN3OS2/c14-10-6-5-9(20-10)11-16-13(21-18-11)17-12(19)7-1-3-8(15)4-2-7/h1-6H,(H,16,17,18,19). The summed E-state index contributed by atoms with van der Waals surface area (Å²) in [7, 11) is 0. The highest BCUT2D eigenvalue weighted by molar-refractivity contribution is 9.11. The van der Waals surface area contributed by atoms with Crippen molar-refractivity contribution in [3.63, 3.8) is 0 Å². The molecule has 106 valence electrons. The SMILES string of the molecule is O=C(Nc1nc(-c2ccc(Br)s2)ns1)c1ccc(Cl)cc1. The number of carbonyl (C=O) groups is 1. The minimum absolute atomic E-state index is 0.235. The van der Waals surface area contributed by atoms with Crippen LogP contribution in [-0.4, -0.2) is 15.3 Å². The fourth-order valence-electron chi connectivity index (χ4n) is 1.58. The average Bonchev–Trinajstić information content (AvgIpc) is 3.08. The third kappa shape index (κ3) is 3.49. The van der Waals surface area contributed by atoms with Crippen molar-refractivity contribution in [1.82, 2.24) is 9.36 Å². The van der Waals surface area contributed by atoms with Gasteiger partial charge in [-0.15, -0.1) is 11.3 Å². The van der Waals surface area contributed by atoms with E-state index in [-0.39, 0.29) is 5.91 Å². The van der Waals surface area contributed by atoms with E-state index >= 15 is 0 Å². The van der Waals surface area contributed by atoms with Crippen LogP contribution in [0.1, 0.15) is 10.4 Å². The molecule has 2 aromatic heterocycles. The summed E-state index contributed by atoms with van der Waals surface area (Å²) in [4.78, 5) is 17.3. The summed E-state index contributed by atoms with van der Waals surface area (Å²) in [6, 6.07) is 10.5. The van der Waals surface area contributed by atoms with Crippen molar-refractivity contribution in [2.75, 3.05) is 5.32 Å². The first-order valence-corrected chi connectivity index (χ1v) is 8.54. The molecule has 0 aliphatic heterocycles. The van der Waals surface area contributed by atoms with Crippen molar-refractivity contribution in [2.45, 2.75) is 0 Å². The molecular formula is C13H7BrClN3OS2. The van der Waals surface area contributed by atoms with Crippen LogP contribution in [0, 0.1) is 0 Å². The Hall–Kier alpha value is -1.28. The van der Waals surface area contributed by atoms with Crippen molar-refractivity contribution in [1.29, 1.82) is 0 Å². The zero-order chi connectivity index (χ0) is 14.8. The van der Waals surface area contributed by atoms with Crippen LogP contribution in [0.25, 0.3) is 10.7 Å². The third-order valence-electron chi connectivity index (χ3n) is 2.55. The van der Waals surface area contributed by atoms with Crippen molar-refractivity contribution in [3.05, 3.63) is 50.8 Å². The fourth-order valence-corrected chi connectivity index (χ4v) is 3.66. The zero-order valence-electron chi connectivity index (χ0n) is 10.3. The predicted molar refractivity (Wildman–Crippen MR) is 90.3 cm³/mol.